The second-order valence-corrected chi connectivity index (χ2v) is 4.23. The lowest BCUT2D eigenvalue weighted by Crippen LogP contribution is -2.34. The van der Waals surface area contributed by atoms with Crippen molar-refractivity contribution in [3.8, 4) is 0 Å². The lowest BCUT2D eigenvalue weighted by atomic mass is 9.95. The highest BCUT2D eigenvalue weighted by Crippen LogP contribution is 2.24. The molecule has 0 aromatic carbocycles. The zero-order valence-electron chi connectivity index (χ0n) is 7.58. The molecule has 1 aliphatic rings. The molecule has 1 fully saturated rings. The highest BCUT2D eigenvalue weighted by Gasteiger charge is 2.20. The van der Waals surface area contributed by atoms with E-state index in [9.17, 15) is 0 Å². The van der Waals surface area contributed by atoms with Crippen LogP contribution in [-0.2, 0) is 0 Å². The molecule has 0 atom stereocenters. The van der Waals surface area contributed by atoms with E-state index in [0.29, 0.717) is 6.04 Å². The summed E-state index contributed by atoms with van der Waals surface area (Å²) in [5.74, 6) is 0. The number of rotatable bonds is 2. The quantitative estimate of drug-likeness (QED) is 0.628. The first-order valence-electron chi connectivity index (χ1n) is 4.69. The van der Waals surface area contributed by atoms with Crippen molar-refractivity contribution in [3.63, 3.8) is 0 Å². The third-order valence-corrected chi connectivity index (χ3v) is 3.27. The molecule has 0 heterocycles. The van der Waals surface area contributed by atoms with Gasteiger partial charge in [-0.1, -0.05) is 32.1 Å². The van der Waals surface area contributed by atoms with Crippen LogP contribution in [0.5, 0.6) is 0 Å². The third kappa shape index (κ3) is 2.68. The largest absolute Gasteiger partial charge is 0.248 e. The molecule has 0 radical (unpaired) electrons. The summed E-state index contributed by atoms with van der Waals surface area (Å²) in [4.78, 5) is 0. The molecule has 0 aliphatic heterocycles. The van der Waals surface area contributed by atoms with E-state index in [2.05, 4.69) is 31.0 Å². The number of nitrogens with zero attached hydrogens (tertiary/aromatic N) is 1. The van der Waals surface area contributed by atoms with Crippen molar-refractivity contribution in [1.82, 2.24) is 4.31 Å². The van der Waals surface area contributed by atoms with Crippen molar-refractivity contribution in [2.75, 3.05) is 0 Å². The minimum absolute atomic E-state index is 0.585. The fourth-order valence-electron chi connectivity index (χ4n) is 1.77. The molecule has 11 heavy (non-hydrogen) atoms. The maximum atomic E-state index is 4.50. The molecule has 0 amide bonds. The summed E-state index contributed by atoms with van der Waals surface area (Å²) in [5.41, 5.74) is 0. The molecule has 0 aromatic rings. The maximum Gasteiger partial charge on any atom is 0.0203 e. The lowest BCUT2D eigenvalue weighted by Gasteiger charge is -2.32. The Balaban J connectivity index is 2.32. The van der Waals surface area contributed by atoms with E-state index in [1.807, 2.05) is 0 Å². The Morgan fingerprint density at radius 1 is 1.18 bits per heavy atom. The van der Waals surface area contributed by atoms with Gasteiger partial charge in [0.1, 0.15) is 0 Å². The summed E-state index contributed by atoms with van der Waals surface area (Å²) in [7, 11) is 0. The topological polar surface area (TPSA) is 3.24 Å². The minimum atomic E-state index is 0.585. The standard InChI is InChI=1S/C9H19NS/c1-8(2)10(11)9-6-4-3-5-7-9/h8-9,11H,3-7H2,1-2H3. The van der Waals surface area contributed by atoms with Gasteiger partial charge in [0.05, 0.1) is 0 Å². The summed E-state index contributed by atoms with van der Waals surface area (Å²) >= 11 is 4.50. The number of hydrogen-bond donors (Lipinski definition) is 1. The molecule has 1 saturated carbocycles. The molecule has 0 unspecified atom stereocenters. The normalized spacial score (nSPS) is 21.5. The predicted octanol–water partition coefficient (Wildman–Crippen LogP) is 2.87. The van der Waals surface area contributed by atoms with Gasteiger partial charge < -0.3 is 0 Å². The maximum absolute atomic E-state index is 4.50. The van der Waals surface area contributed by atoms with E-state index < -0.39 is 0 Å². The second-order valence-electron chi connectivity index (χ2n) is 3.77. The van der Waals surface area contributed by atoms with Crippen LogP contribution in [0.15, 0.2) is 0 Å². The molecule has 1 nitrogen and oxygen atoms in total. The molecule has 66 valence electrons. The minimum Gasteiger partial charge on any atom is -0.248 e. The summed E-state index contributed by atoms with van der Waals surface area (Å²) in [6.45, 7) is 4.42. The average Bonchev–Trinajstić information content (AvgIpc) is 2.05. The van der Waals surface area contributed by atoms with Gasteiger partial charge in [-0.05, 0) is 26.7 Å². The van der Waals surface area contributed by atoms with E-state index in [4.69, 9.17) is 0 Å². The average molecular weight is 173 g/mol. The molecule has 0 aromatic heterocycles. The fraction of sp³-hybridized carbons (Fsp3) is 1.00. The summed E-state index contributed by atoms with van der Waals surface area (Å²) in [6.07, 6.45) is 6.92. The molecule has 1 rings (SSSR count). The van der Waals surface area contributed by atoms with Gasteiger partial charge in [-0.25, -0.2) is 4.31 Å². The van der Waals surface area contributed by atoms with Crippen molar-refractivity contribution < 1.29 is 0 Å². The van der Waals surface area contributed by atoms with Gasteiger partial charge in [0.2, 0.25) is 0 Å². The fourth-order valence-corrected chi connectivity index (χ4v) is 2.00. The van der Waals surface area contributed by atoms with Gasteiger partial charge in [-0.2, -0.15) is 0 Å². The van der Waals surface area contributed by atoms with Crippen LogP contribution in [0.1, 0.15) is 46.0 Å². The van der Waals surface area contributed by atoms with Crippen LogP contribution in [0, 0.1) is 0 Å². The Hall–Kier alpha value is 0.310. The first-order valence-corrected chi connectivity index (χ1v) is 5.09. The Labute approximate surface area is 75.7 Å². The van der Waals surface area contributed by atoms with E-state index in [0.717, 1.165) is 6.04 Å². The SMILES string of the molecule is CC(C)N(S)C1CCCCC1. The first kappa shape index (κ1) is 9.40. The van der Waals surface area contributed by atoms with Crippen LogP contribution in [0.25, 0.3) is 0 Å². The molecule has 1 aliphatic carbocycles. The zero-order valence-corrected chi connectivity index (χ0v) is 8.48. The molecule has 0 N–H and O–H groups in total. The molecule has 0 spiro atoms. The molecule has 2 heteroatoms. The summed E-state index contributed by atoms with van der Waals surface area (Å²) < 4.78 is 2.22. The third-order valence-electron chi connectivity index (χ3n) is 2.48. The summed E-state index contributed by atoms with van der Waals surface area (Å²) in [5, 5.41) is 0. The van der Waals surface area contributed by atoms with Crippen LogP contribution >= 0.6 is 12.8 Å². The van der Waals surface area contributed by atoms with Crippen molar-refractivity contribution in [3.05, 3.63) is 0 Å². The van der Waals surface area contributed by atoms with E-state index in [1.54, 1.807) is 0 Å². The molecular formula is C9H19NS. The van der Waals surface area contributed by atoms with Crippen molar-refractivity contribution in [1.29, 1.82) is 0 Å². The molecule has 0 bridgehead atoms. The lowest BCUT2D eigenvalue weighted by molar-refractivity contribution is 0.242. The van der Waals surface area contributed by atoms with E-state index >= 15 is 0 Å². The van der Waals surface area contributed by atoms with Gasteiger partial charge >= 0.3 is 0 Å². The Bertz CT molecular complexity index is 108. The van der Waals surface area contributed by atoms with Gasteiger partial charge in [0.15, 0.2) is 0 Å². The summed E-state index contributed by atoms with van der Waals surface area (Å²) in [6, 6.07) is 1.33. The Kier molecular flexibility index (Phi) is 3.73. The zero-order chi connectivity index (χ0) is 8.27. The predicted molar refractivity (Wildman–Crippen MR) is 52.8 cm³/mol. The molecular weight excluding hydrogens is 154 g/mol. The van der Waals surface area contributed by atoms with Crippen LogP contribution in [-0.4, -0.2) is 16.4 Å². The van der Waals surface area contributed by atoms with Crippen LogP contribution in [0.2, 0.25) is 0 Å². The van der Waals surface area contributed by atoms with Gasteiger partial charge in [-0.15, -0.1) is 0 Å². The van der Waals surface area contributed by atoms with Crippen molar-refractivity contribution >= 4 is 12.8 Å². The highest BCUT2D eigenvalue weighted by molar-refractivity contribution is 7.77. The Morgan fingerprint density at radius 2 is 1.73 bits per heavy atom. The first-order chi connectivity index (χ1) is 5.22. The number of hydrogen-bond acceptors (Lipinski definition) is 2. The monoisotopic (exact) mass is 173 g/mol. The van der Waals surface area contributed by atoms with E-state index in [-0.39, 0.29) is 0 Å². The van der Waals surface area contributed by atoms with Crippen molar-refractivity contribution in [2.24, 2.45) is 0 Å². The van der Waals surface area contributed by atoms with Crippen LogP contribution < -0.4 is 0 Å². The van der Waals surface area contributed by atoms with Crippen LogP contribution in [0.3, 0.4) is 0 Å². The Morgan fingerprint density at radius 3 is 2.18 bits per heavy atom. The second kappa shape index (κ2) is 4.36. The molecule has 0 saturated heterocycles. The van der Waals surface area contributed by atoms with E-state index in [1.165, 1.54) is 32.1 Å². The van der Waals surface area contributed by atoms with Gasteiger partial charge in [0, 0.05) is 12.1 Å². The highest BCUT2D eigenvalue weighted by atomic mass is 32.1. The smallest absolute Gasteiger partial charge is 0.0203 e. The van der Waals surface area contributed by atoms with Gasteiger partial charge in [0.25, 0.3) is 0 Å². The number of thiol groups is 1. The van der Waals surface area contributed by atoms with Crippen LogP contribution in [0.4, 0.5) is 0 Å². The van der Waals surface area contributed by atoms with Crippen molar-refractivity contribution in [2.45, 2.75) is 58.0 Å². The van der Waals surface area contributed by atoms with Gasteiger partial charge in [-0.3, -0.25) is 0 Å².